The highest BCUT2D eigenvalue weighted by Gasteiger charge is 2.23. The SMILES string of the molecule is O=C(O)CCc1c[nH]c2ccc(NC(=O)NC(c3ccccc3)c3ccccc3N3CCCCC3)cc12. The van der Waals surface area contributed by atoms with E-state index in [2.05, 4.69) is 38.7 Å². The van der Waals surface area contributed by atoms with Crippen LogP contribution in [0.4, 0.5) is 16.2 Å². The van der Waals surface area contributed by atoms with Crippen molar-refractivity contribution in [1.82, 2.24) is 10.3 Å². The van der Waals surface area contributed by atoms with Crippen molar-refractivity contribution in [2.45, 2.75) is 38.1 Å². The zero-order valence-corrected chi connectivity index (χ0v) is 20.7. The summed E-state index contributed by atoms with van der Waals surface area (Å²) < 4.78 is 0. The number of aliphatic carboxylic acids is 1. The number of aromatic nitrogens is 1. The molecule has 0 bridgehead atoms. The number of fused-ring (bicyclic) bond motifs is 1. The molecule has 4 aromatic rings. The number of hydrogen-bond acceptors (Lipinski definition) is 3. The summed E-state index contributed by atoms with van der Waals surface area (Å²) in [6.45, 7) is 2.04. The van der Waals surface area contributed by atoms with Crippen LogP contribution in [0.1, 0.15) is 48.4 Å². The maximum atomic E-state index is 13.3. The van der Waals surface area contributed by atoms with Crippen LogP contribution in [-0.4, -0.2) is 35.2 Å². The number of nitrogens with one attached hydrogen (secondary N) is 3. The number of urea groups is 1. The molecule has 37 heavy (non-hydrogen) atoms. The first-order chi connectivity index (χ1) is 18.1. The van der Waals surface area contributed by atoms with Gasteiger partial charge in [0.2, 0.25) is 0 Å². The van der Waals surface area contributed by atoms with Crippen molar-refractivity contribution in [3.05, 3.63) is 95.7 Å². The largest absolute Gasteiger partial charge is 0.481 e. The number of anilines is 2. The van der Waals surface area contributed by atoms with Crippen molar-refractivity contribution in [2.24, 2.45) is 0 Å². The number of H-pyrrole nitrogens is 1. The Morgan fingerprint density at radius 2 is 1.70 bits per heavy atom. The fourth-order valence-corrected chi connectivity index (χ4v) is 5.14. The fourth-order valence-electron chi connectivity index (χ4n) is 5.14. The third kappa shape index (κ3) is 5.77. The van der Waals surface area contributed by atoms with E-state index in [1.54, 1.807) is 0 Å². The molecule has 7 heteroatoms. The highest BCUT2D eigenvalue weighted by Crippen LogP contribution is 2.33. The van der Waals surface area contributed by atoms with Crippen molar-refractivity contribution in [3.63, 3.8) is 0 Å². The number of hydrogen-bond donors (Lipinski definition) is 4. The molecule has 1 atom stereocenters. The summed E-state index contributed by atoms with van der Waals surface area (Å²) >= 11 is 0. The minimum Gasteiger partial charge on any atom is -0.481 e. The maximum absolute atomic E-state index is 13.3. The van der Waals surface area contributed by atoms with Gasteiger partial charge in [-0.25, -0.2) is 4.79 Å². The van der Waals surface area contributed by atoms with Crippen LogP contribution in [0.3, 0.4) is 0 Å². The topological polar surface area (TPSA) is 97.5 Å². The Morgan fingerprint density at radius 3 is 2.49 bits per heavy atom. The van der Waals surface area contributed by atoms with Gasteiger partial charge in [-0.2, -0.15) is 0 Å². The molecule has 2 heterocycles. The molecule has 4 N–H and O–H groups in total. The summed E-state index contributed by atoms with van der Waals surface area (Å²) in [7, 11) is 0. The lowest BCUT2D eigenvalue weighted by molar-refractivity contribution is -0.136. The second kappa shape index (κ2) is 11.2. The van der Waals surface area contributed by atoms with Crippen molar-refractivity contribution in [1.29, 1.82) is 0 Å². The normalized spacial score (nSPS) is 14.3. The summed E-state index contributed by atoms with van der Waals surface area (Å²) in [6, 6.07) is 23.4. The monoisotopic (exact) mass is 496 g/mol. The van der Waals surface area contributed by atoms with Crippen molar-refractivity contribution in [3.8, 4) is 0 Å². The Kier molecular flexibility index (Phi) is 7.40. The lowest BCUT2D eigenvalue weighted by Gasteiger charge is -2.33. The van der Waals surface area contributed by atoms with Gasteiger partial charge in [0, 0.05) is 53.5 Å². The van der Waals surface area contributed by atoms with Gasteiger partial charge < -0.3 is 25.6 Å². The number of piperidine rings is 1. The predicted molar refractivity (Wildman–Crippen MR) is 147 cm³/mol. The van der Waals surface area contributed by atoms with Gasteiger partial charge in [-0.1, -0.05) is 48.5 Å². The first kappa shape index (κ1) is 24.4. The number of benzene rings is 3. The van der Waals surface area contributed by atoms with Gasteiger partial charge in [0.15, 0.2) is 0 Å². The Labute approximate surface area is 216 Å². The van der Waals surface area contributed by atoms with Crippen molar-refractivity contribution < 1.29 is 14.7 Å². The molecule has 0 spiro atoms. The number of carbonyl (C=O) groups is 2. The van der Waals surface area contributed by atoms with Gasteiger partial charge in [-0.15, -0.1) is 0 Å². The average Bonchev–Trinajstić information content (AvgIpc) is 3.34. The molecule has 1 fully saturated rings. The molecule has 0 aliphatic carbocycles. The fraction of sp³-hybridized carbons (Fsp3) is 0.267. The Morgan fingerprint density at radius 1 is 0.946 bits per heavy atom. The van der Waals surface area contributed by atoms with Crippen LogP contribution in [0.25, 0.3) is 10.9 Å². The van der Waals surface area contributed by atoms with E-state index in [9.17, 15) is 9.59 Å². The van der Waals surface area contributed by atoms with E-state index in [-0.39, 0.29) is 18.5 Å². The van der Waals surface area contributed by atoms with E-state index in [4.69, 9.17) is 5.11 Å². The molecule has 1 aromatic heterocycles. The third-order valence-electron chi connectivity index (χ3n) is 6.99. The van der Waals surface area contributed by atoms with Crippen LogP contribution in [-0.2, 0) is 11.2 Å². The molecule has 1 unspecified atom stereocenters. The molecule has 1 aliphatic heterocycles. The molecule has 2 amide bonds. The molecule has 1 saturated heterocycles. The lowest BCUT2D eigenvalue weighted by Crippen LogP contribution is -2.35. The van der Waals surface area contributed by atoms with Crippen molar-refractivity contribution in [2.75, 3.05) is 23.3 Å². The number of aromatic amines is 1. The average molecular weight is 497 g/mol. The lowest BCUT2D eigenvalue weighted by atomic mass is 9.96. The molecule has 7 nitrogen and oxygen atoms in total. The van der Waals surface area contributed by atoms with Crippen molar-refractivity contribution >= 4 is 34.3 Å². The zero-order chi connectivity index (χ0) is 25.6. The van der Waals surface area contributed by atoms with Gasteiger partial charge in [-0.05, 0) is 61.1 Å². The van der Waals surface area contributed by atoms with Crippen LogP contribution >= 0.6 is 0 Å². The zero-order valence-electron chi connectivity index (χ0n) is 20.7. The molecule has 5 rings (SSSR count). The van der Waals surface area contributed by atoms with Crippen LogP contribution in [0.2, 0.25) is 0 Å². The first-order valence-corrected chi connectivity index (χ1v) is 12.9. The molecular formula is C30H32N4O3. The maximum Gasteiger partial charge on any atom is 0.319 e. The Hall–Kier alpha value is -4.26. The van der Waals surface area contributed by atoms with Gasteiger partial charge >= 0.3 is 12.0 Å². The standard InChI is InChI=1S/C30H32N4O3/c35-28(36)16-13-22-20-31-26-15-14-23(19-25(22)26)32-30(37)33-29(21-9-3-1-4-10-21)24-11-5-6-12-27(24)34-17-7-2-8-18-34/h1,3-6,9-12,14-15,19-20,29,31H,2,7-8,13,16-18H2,(H,35,36)(H2,32,33,37). The number of carbonyl (C=O) groups excluding carboxylic acids is 1. The predicted octanol–water partition coefficient (Wildman–Crippen LogP) is 6.09. The molecule has 190 valence electrons. The number of rotatable bonds is 8. The summed E-state index contributed by atoms with van der Waals surface area (Å²) in [5.41, 5.74) is 5.72. The molecule has 3 aromatic carbocycles. The molecule has 1 aliphatic rings. The molecule has 0 saturated carbocycles. The highest BCUT2D eigenvalue weighted by molar-refractivity contribution is 5.94. The number of amides is 2. The number of nitrogens with zero attached hydrogens (tertiary/aromatic N) is 1. The number of carboxylic acids is 1. The number of carboxylic acid groups (broad SMARTS) is 1. The van der Waals surface area contributed by atoms with E-state index >= 15 is 0 Å². The van der Waals surface area contributed by atoms with Crippen LogP contribution < -0.4 is 15.5 Å². The number of para-hydroxylation sites is 1. The summed E-state index contributed by atoms with van der Waals surface area (Å²) in [5, 5.41) is 16.2. The summed E-state index contributed by atoms with van der Waals surface area (Å²) in [6.07, 6.45) is 5.92. The van der Waals surface area contributed by atoms with E-state index in [0.717, 1.165) is 46.4 Å². The Balaban J connectivity index is 1.40. The second-order valence-corrected chi connectivity index (χ2v) is 9.52. The van der Waals surface area contributed by atoms with Gasteiger partial charge in [0.25, 0.3) is 0 Å². The summed E-state index contributed by atoms with van der Waals surface area (Å²) in [4.78, 5) is 29.9. The quantitative estimate of drug-likeness (QED) is 0.237. The minimum absolute atomic E-state index is 0.0558. The Bertz CT molecular complexity index is 1380. The van der Waals surface area contributed by atoms with Crippen LogP contribution in [0.5, 0.6) is 0 Å². The minimum atomic E-state index is -0.834. The van der Waals surface area contributed by atoms with Crippen LogP contribution in [0, 0.1) is 0 Å². The molecule has 0 radical (unpaired) electrons. The summed E-state index contributed by atoms with van der Waals surface area (Å²) in [5.74, 6) is -0.834. The second-order valence-electron chi connectivity index (χ2n) is 9.52. The number of aryl methyl sites for hydroxylation is 1. The van der Waals surface area contributed by atoms with Gasteiger partial charge in [-0.3, -0.25) is 4.79 Å². The smallest absolute Gasteiger partial charge is 0.319 e. The van der Waals surface area contributed by atoms with E-state index < -0.39 is 5.97 Å². The molecular weight excluding hydrogens is 464 g/mol. The first-order valence-electron chi connectivity index (χ1n) is 12.9. The third-order valence-corrected chi connectivity index (χ3v) is 6.99. The van der Waals surface area contributed by atoms with Gasteiger partial charge in [0.05, 0.1) is 6.04 Å². The van der Waals surface area contributed by atoms with E-state index in [1.807, 2.05) is 60.8 Å². The van der Waals surface area contributed by atoms with E-state index in [1.165, 1.54) is 19.3 Å². The van der Waals surface area contributed by atoms with Crippen LogP contribution in [0.15, 0.2) is 79.0 Å². The van der Waals surface area contributed by atoms with Gasteiger partial charge in [0.1, 0.15) is 0 Å². The van der Waals surface area contributed by atoms with E-state index in [0.29, 0.717) is 12.1 Å². The highest BCUT2D eigenvalue weighted by atomic mass is 16.4.